The van der Waals surface area contributed by atoms with Crippen LogP contribution in [0.5, 0.6) is 0 Å². The van der Waals surface area contributed by atoms with Crippen LogP contribution in [0.2, 0.25) is 0 Å². The van der Waals surface area contributed by atoms with Crippen molar-refractivity contribution in [3.05, 3.63) is 75.3 Å². The first-order valence-corrected chi connectivity index (χ1v) is 12.7. The molecule has 2 aromatic heterocycles. The number of halogens is 6. The van der Waals surface area contributed by atoms with Gasteiger partial charge < -0.3 is 21.7 Å². The van der Waals surface area contributed by atoms with Crippen molar-refractivity contribution in [2.45, 2.75) is 38.8 Å². The molecule has 0 fully saturated rings. The van der Waals surface area contributed by atoms with Gasteiger partial charge in [-0.15, -0.1) is 0 Å². The van der Waals surface area contributed by atoms with E-state index in [0.717, 1.165) is 18.2 Å². The Hall–Kier alpha value is -5.40. The van der Waals surface area contributed by atoms with Gasteiger partial charge >= 0.3 is 6.43 Å². The molecule has 2 heterocycles. The van der Waals surface area contributed by atoms with E-state index in [9.17, 15) is 41.2 Å². The minimum atomic E-state index is -3.36. The molecule has 230 valence electrons. The molecule has 0 aliphatic rings. The average Bonchev–Trinajstić information content (AvgIpc) is 2.94. The van der Waals surface area contributed by atoms with Crippen LogP contribution in [0.4, 0.5) is 43.9 Å². The molecule has 2 aromatic carbocycles. The SMILES string of the molecule is C[C@H](CN(c1nc(N)nc(N)c1C#N)[C@@H](C)c1nc2cccc(F)c2c(=O)n1-c1cc(F)cc(C(F)F)c1)NC(=O)C(F)F. The topological polar surface area (TPSA) is 169 Å². The van der Waals surface area contributed by atoms with Crippen LogP contribution in [-0.2, 0) is 4.79 Å². The average molecular weight is 620 g/mol. The van der Waals surface area contributed by atoms with Gasteiger partial charge in [0, 0.05) is 18.2 Å². The van der Waals surface area contributed by atoms with Crippen molar-refractivity contribution < 1.29 is 31.1 Å². The van der Waals surface area contributed by atoms with E-state index in [4.69, 9.17) is 11.5 Å². The first-order valence-electron chi connectivity index (χ1n) is 12.7. The molecule has 1 amide bonds. The van der Waals surface area contributed by atoms with E-state index in [-0.39, 0.29) is 28.5 Å². The lowest BCUT2D eigenvalue weighted by molar-refractivity contribution is -0.132. The number of nitrogen functional groups attached to an aromatic ring is 2. The molecule has 0 bridgehead atoms. The van der Waals surface area contributed by atoms with Crippen molar-refractivity contribution in [3.63, 3.8) is 0 Å². The van der Waals surface area contributed by atoms with Gasteiger partial charge in [-0.2, -0.15) is 24.0 Å². The maximum Gasteiger partial charge on any atom is 0.315 e. The van der Waals surface area contributed by atoms with Crippen molar-refractivity contribution in [1.29, 1.82) is 5.26 Å². The minimum Gasteiger partial charge on any atom is -0.382 e. The van der Waals surface area contributed by atoms with Crippen LogP contribution in [-0.4, -0.2) is 44.4 Å². The summed E-state index contributed by atoms with van der Waals surface area (Å²) in [6.07, 6.45) is -6.50. The van der Waals surface area contributed by atoms with Crippen LogP contribution in [0.3, 0.4) is 0 Å². The lowest BCUT2D eigenvalue weighted by Crippen LogP contribution is -2.46. The third-order valence-corrected chi connectivity index (χ3v) is 6.51. The molecule has 0 saturated carbocycles. The van der Waals surface area contributed by atoms with Crippen LogP contribution in [0, 0.1) is 23.0 Å². The summed E-state index contributed by atoms with van der Waals surface area (Å²) in [4.78, 5) is 39.0. The van der Waals surface area contributed by atoms with Gasteiger partial charge in [-0.3, -0.25) is 14.2 Å². The van der Waals surface area contributed by atoms with Crippen LogP contribution in [0.1, 0.15) is 43.3 Å². The van der Waals surface area contributed by atoms with Gasteiger partial charge in [-0.05, 0) is 44.2 Å². The summed E-state index contributed by atoms with van der Waals surface area (Å²) in [6, 6.07) is 5.13. The molecule has 5 N–H and O–H groups in total. The summed E-state index contributed by atoms with van der Waals surface area (Å²) < 4.78 is 83.4. The zero-order chi connectivity index (χ0) is 32.5. The molecule has 0 aliphatic heterocycles. The lowest BCUT2D eigenvalue weighted by atomic mass is 10.1. The molecule has 0 aliphatic carbocycles. The van der Waals surface area contributed by atoms with Crippen LogP contribution < -0.4 is 27.2 Å². The fraction of sp³-hybridized carbons (Fsp3) is 0.259. The molecule has 4 rings (SSSR count). The van der Waals surface area contributed by atoms with Gasteiger partial charge in [0.1, 0.15) is 40.3 Å². The van der Waals surface area contributed by atoms with Gasteiger partial charge in [-0.25, -0.2) is 22.5 Å². The van der Waals surface area contributed by atoms with Gasteiger partial charge in [0.2, 0.25) is 5.95 Å². The smallest absolute Gasteiger partial charge is 0.315 e. The van der Waals surface area contributed by atoms with E-state index in [2.05, 4.69) is 20.3 Å². The first-order chi connectivity index (χ1) is 20.7. The standard InChI is InChI=1S/C27H23F6N9O2/c1-11(37-25(43)21(32)33)10-41(24-16(9-34)22(35)39-27(36)40-24)12(2)23-38-18-5-3-4-17(29)19(18)26(44)42(23)15-7-13(20(30)31)6-14(28)8-15/h3-8,11-12,20-21H,10H2,1-2H3,(H,37,43)(H4,35,36,39,40)/t11-,12+/m1/s1. The number of hydrogen-bond acceptors (Lipinski definition) is 9. The van der Waals surface area contributed by atoms with Crippen molar-refractivity contribution in [1.82, 2.24) is 24.8 Å². The van der Waals surface area contributed by atoms with Crippen molar-refractivity contribution >= 4 is 34.4 Å². The largest absolute Gasteiger partial charge is 0.382 e. The van der Waals surface area contributed by atoms with E-state index in [0.29, 0.717) is 10.6 Å². The highest BCUT2D eigenvalue weighted by Gasteiger charge is 2.31. The predicted octanol–water partition coefficient (Wildman–Crippen LogP) is 3.76. The lowest BCUT2D eigenvalue weighted by Gasteiger charge is -2.34. The molecule has 4 aromatic rings. The Kier molecular flexibility index (Phi) is 8.92. The molecule has 44 heavy (non-hydrogen) atoms. The highest BCUT2D eigenvalue weighted by atomic mass is 19.3. The number of aromatic nitrogens is 4. The highest BCUT2D eigenvalue weighted by Crippen LogP contribution is 2.32. The molecule has 0 radical (unpaired) electrons. The van der Waals surface area contributed by atoms with Gasteiger partial charge in [0.05, 0.1) is 17.2 Å². The van der Waals surface area contributed by atoms with E-state index in [1.807, 2.05) is 0 Å². The van der Waals surface area contributed by atoms with E-state index < -0.39 is 77.2 Å². The molecular formula is C27H23F6N9O2. The van der Waals surface area contributed by atoms with Crippen LogP contribution in [0.15, 0.2) is 41.2 Å². The number of hydrogen-bond donors (Lipinski definition) is 3. The predicted molar refractivity (Wildman–Crippen MR) is 147 cm³/mol. The number of fused-ring (bicyclic) bond motifs is 1. The summed E-state index contributed by atoms with van der Waals surface area (Å²) >= 11 is 0. The van der Waals surface area contributed by atoms with E-state index in [1.54, 1.807) is 6.07 Å². The summed E-state index contributed by atoms with van der Waals surface area (Å²) in [5.74, 6) is -5.09. The molecule has 0 spiro atoms. The number of nitrogens with one attached hydrogen (secondary N) is 1. The fourth-order valence-electron chi connectivity index (χ4n) is 4.60. The fourth-order valence-corrected chi connectivity index (χ4v) is 4.60. The van der Waals surface area contributed by atoms with Crippen molar-refractivity contribution in [2.75, 3.05) is 22.9 Å². The number of nitrogens with zero attached hydrogens (tertiary/aromatic N) is 6. The summed E-state index contributed by atoms with van der Waals surface area (Å²) in [5.41, 5.74) is 8.84. The molecule has 11 nitrogen and oxygen atoms in total. The summed E-state index contributed by atoms with van der Waals surface area (Å²) in [6.45, 7) is 2.35. The number of nitriles is 1. The second kappa shape index (κ2) is 12.5. The van der Waals surface area contributed by atoms with Crippen LogP contribution >= 0.6 is 0 Å². The molecule has 2 atom stereocenters. The molecule has 17 heteroatoms. The van der Waals surface area contributed by atoms with Gasteiger partial charge in [0.15, 0.2) is 5.82 Å². The Morgan fingerprint density at radius 3 is 2.43 bits per heavy atom. The number of carbonyl (C=O) groups excluding carboxylic acids is 1. The van der Waals surface area contributed by atoms with Gasteiger partial charge in [-0.1, -0.05) is 6.07 Å². The molecule has 0 saturated heterocycles. The third-order valence-electron chi connectivity index (χ3n) is 6.51. The maximum atomic E-state index is 14.9. The second-order valence-electron chi connectivity index (χ2n) is 9.60. The number of amides is 1. The van der Waals surface area contributed by atoms with E-state index in [1.165, 1.54) is 30.9 Å². The molecular weight excluding hydrogens is 596 g/mol. The maximum absolute atomic E-state index is 14.9. The Bertz CT molecular complexity index is 1840. The Balaban J connectivity index is 2.03. The first kappa shape index (κ1) is 31.5. The van der Waals surface area contributed by atoms with Crippen molar-refractivity contribution in [3.8, 4) is 11.8 Å². The second-order valence-corrected chi connectivity index (χ2v) is 9.60. The zero-order valence-corrected chi connectivity index (χ0v) is 22.9. The van der Waals surface area contributed by atoms with Crippen molar-refractivity contribution in [2.24, 2.45) is 0 Å². The number of rotatable bonds is 9. The summed E-state index contributed by atoms with van der Waals surface area (Å²) in [5, 5.41) is 11.4. The highest BCUT2D eigenvalue weighted by molar-refractivity contribution is 5.80. The number of anilines is 3. The number of benzene rings is 2. The number of carbonyl (C=O) groups is 1. The Morgan fingerprint density at radius 2 is 1.80 bits per heavy atom. The monoisotopic (exact) mass is 619 g/mol. The Labute approximate surface area is 244 Å². The van der Waals surface area contributed by atoms with Gasteiger partial charge in [0.25, 0.3) is 17.9 Å². The molecule has 0 unspecified atom stereocenters. The minimum absolute atomic E-state index is 0.167. The van der Waals surface area contributed by atoms with Crippen LogP contribution in [0.25, 0.3) is 16.6 Å². The third kappa shape index (κ3) is 6.19. The van der Waals surface area contributed by atoms with E-state index >= 15 is 0 Å². The number of nitrogens with two attached hydrogens (primary N) is 2. The quantitative estimate of drug-likeness (QED) is 0.236. The summed E-state index contributed by atoms with van der Waals surface area (Å²) in [7, 11) is 0. The normalized spacial score (nSPS) is 12.8. The number of alkyl halides is 4. The Morgan fingerprint density at radius 1 is 1.09 bits per heavy atom. The zero-order valence-electron chi connectivity index (χ0n) is 22.9.